The average Bonchev–Trinajstić information content (AvgIpc) is 3.12. The fraction of sp³-hybridized carbons (Fsp3) is 0.524. The van der Waals surface area contributed by atoms with Gasteiger partial charge in [-0.2, -0.15) is 0 Å². The van der Waals surface area contributed by atoms with Crippen molar-refractivity contribution < 1.29 is 9.59 Å². The zero-order valence-electron chi connectivity index (χ0n) is 15.8. The summed E-state index contributed by atoms with van der Waals surface area (Å²) in [7, 11) is 0. The Hall–Kier alpha value is -2.14. The van der Waals surface area contributed by atoms with Crippen LogP contribution in [0.5, 0.6) is 0 Å². The van der Waals surface area contributed by atoms with Crippen LogP contribution in [0.15, 0.2) is 30.4 Å². The molecular formula is C21H29N3O2. The zero-order valence-corrected chi connectivity index (χ0v) is 15.8. The van der Waals surface area contributed by atoms with Crippen molar-refractivity contribution in [2.75, 3.05) is 38.0 Å². The summed E-state index contributed by atoms with van der Waals surface area (Å²) in [6.07, 6.45) is 7.17. The molecule has 1 N–H and O–H groups in total. The standard InChI is InChI=1S/C21H29N3O2/c1-16-6-5-7-17(2)21(16)22-19(25)15-23-10-12-24(13-11-23)20(26)14-18-8-3-4-9-18/h3,5-8,18H,4,9-15H2,1-2H3,(H,22,25). The molecule has 1 aliphatic heterocycles. The highest BCUT2D eigenvalue weighted by Gasteiger charge is 2.24. The van der Waals surface area contributed by atoms with Crippen molar-refractivity contribution in [1.29, 1.82) is 0 Å². The Morgan fingerprint density at radius 3 is 2.42 bits per heavy atom. The van der Waals surface area contributed by atoms with Crippen molar-refractivity contribution in [1.82, 2.24) is 9.80 Å². The van der Waals surface area contributed by atoms with Gasteiger partial charge in [-0.1, -0.05) is 30.4 Å². The highest BCUT2D eigenvalue weighted by Crippen LogP contribution is 2.22. The fourth-order valence-electron chi connectivity index (χ4n) is 3.77. The number of nitrogens with one attached hydrogen (secondary N) is 1. The zero-order chi connectivity index (χ0) is 18.5. The molecule has 2 aliphatic rings. The fourth-order valence-corrected chi connectivity index (χ4v) is 3.77. The predicted molar refractivity (Wildman–Crippen MR) is 104 cm³/mol. The molecule has 1 saturated heterocycles. The van der Waals surface area contributed by atoms with E-state index in [4.69, 9.17) is 0 Å². The highest BCUT2D eigenvalue weighted by atomic mass is 16.2. The normalized spacial score (nSPS) is 20.4. The van der Waals surface area contributed by atoms with Crippen LogP contribution in [0, 0.1) is 19.8 Å². The monoisotopic (exact) mass is 355 g/mol. The Morgan fingerprint density at radius 1 is 1.12 bits per heavy atom. The molecule has 0 aromatic heterocycles. The van der Waals surface area contributed by atoms with Crippen molar-refractivity contribution in [3.63, 3.8) is 0 Å². The molecule has 5 heteroatoms. The number of carbonyl (C=O) groups excluding carboxylic acids is 2. The third-order valence-electron chi connectivity index (χ3n) is 5.39. The van der Waals surface area contributed by atoms with Crippen LogP contribution >= 0.6 is 0 Å². The van der Waals surface area contributed by atoms with Gasteiger partial charge in [0.15, 0.2) is 0 Å². The summed E-state index contributed by atoms with van der Waals surface area (Å²) in [6.45, 7) is 7.33. The SMILES string of the molecule is Cc1cccc(C)c1NC(=O)CN1CCN(C(=O)CC2C=CCC2)CC1. The molecule has 26 heavy (non-hydrogen) atoms. The minimum Gasteiger partial charge on any atom is -0.340 e. The summed E-state index contributed by atoms with van der Waals surface area (Å²) in [5.41, 5.74) is 3.07. The van der Waals surface area contributed by atoms with Gasteiger partial charge in [-0.15, -0.1) is 0 Å². The quantitative estimate of drug-likeness (QED) is 0.827. The van der Waals surface area contributed by atoms with Crippen molar-refractivity contribution in [2.45, 2.75) is 33.1 Å². The lowest BCUT2D eigenvalue weighted by molar-refractivity contribution is -0.133. The first-order valence-corrected chi connectivity index (χ1v) is 9.56. The Bertz CT molecular complexity index is 670. The molecule has 0 bridgehead atoms. The van der Waals surface area contributed by atoms with E-state index in [0.29, 0.717) is 32.0 Å². The minimum atomic E-state index is 0.0123. The Kier molecular flexibility index (Phi) is 6.09. The third kappa shape index (κ3) is 4.73. The summed E-state index contributed by atoms with van der Waals surface area (Å²) >= 11 is 0. The van der Waals surface area contributed by atoms with E-state index in [2.05, 4.69) is 22.4 Å². The number of amides is 2. The van der Waals surface area contributed by atoms with Gasteiger partial charge in [0.05, 0.1) is 6.54 Å². The third-order valence-corrected chi connectivity index (χ3v) is 5.39. The highest BCUT2D eigenvalue weighted by molar-refractivity contribution is 5.93. The van der Waals surface area contributed by atoms with Crippen LogP contribution in [0.4, 0.5) is 5.69 Å². The van der Waals surface area contributed by atoms with E-state index in [0.717, 1.165) is 42.7 Å². The molecule has 140 valence electrons. The number of benzene rings is 1. The molecule has 1 fully saturated rings. The lowest BCUT2D eigenvalue weighted by Crippen LogP contribution is -2.50. The van der Waals surface area contributed by atoms with E-state index in [1.54, 1.807) is 0 Å². The summed E-state index contributed by atoms with van der Waals surface area (Å²) in [4.78, 5) is 28.9. The van der Waals surface area contributed by atoms with Gasteiger partial charge >= 0.3 is 0 Å². The van der Waals surface area contributed by atoms with Crippen molar-refractivity contribution >= 4 is 17.5 Å². The molecule has 1 unspecified atom stereocenters. The second kappa shape index (κ2) is 8.49. The summed E-state index contributed by atoms with van der Waals surface area (Å²) < 4.78 is 0. The number of anilines is 1. The number of nitrogens with zero attached hydrogens (tertiary/aromatic N) is 2. The van der Waals surface area contributed by atoms with Crippen LogP contribution in [0.2, 0.25) is 0 Å². The average molecular weight is 355 g/mol. The van der Waals surface area contributed by atoms with Gasteiger partial charge in [-0.3, -0.25) is 14.5 Å². The van der Waals surface area contributed by atoms with Crippen LogP contribution in [0.3, 0.4) is 0 Å². The smallest absolute Gasteiger partial charge is 0.238 e. The number of hydrogen-bond donors (Lipinski definition) is 1. The maximum Gasteiger partial charge on any atom is 0.238 e. The number of rotatable bonds is 5. The van der Waals surface area contributed by atoms with Crippen LogP contribution in [0.25, 0.3) is 0 Å². The number of hydrogen-bond acceptors (Lipinski definition) is 3. The maximum atomic E-state index is 12.4. The van der Waals surface area contributed by atoms with E-state index < -0.39 is 0 Å². The second-order valence-corrected chi connectivity index (χ2v) is 7.44. The number of aryl methyl sites for hydroxylation is 2. The molecule has 3 rings (SSSR count). The molecule has 0 saturated carbocycles. The molecular weight excluding hydrogens is 326 g/mol. The summed E-state index contributed by atoms with van der Waals surface area (Å²) in [5.74, 6) is 0.683. The first-order chi connectivity index (χ1) is 12.5. The molecule has 1 atom stereocenters. The first-order valence-electron chi connectivity index (χ1n) is 9.56. The van der Waals surface area contributed by atoms with Gasteiger partial charge in [0.2, 0.25) is 11.8 Å². The van der Waals surface area contributed by atoms with Gasteiger partial charge in [-0.25, -0.2) is 0 Å². The lowest BCUT2D eigenvalue weighted by atomic mass is 10.0. The lowest BCUT2D eigenvalue weighted by Gasteiger charge is -2.34. The van der Waals surface area contributed by atoms with Crippen molar-refractivity contribution in [3.8, 4) is 0 Å². The van der Waals surface area contributed by atoms with E-state index in [1.165, 1.54) is 0 Å². The topological polar surface area (TPSA) is 52.7 Å². The van der Waals surface area contributed by atoms with E-state index >= 15 is 0 Å². The van der Waals surface area contributed by atoms with Crippen molar-refractivity contribution in [3.05, 3.63) is 41.5 Å². The van der Waals surface area contributed by atoms with Gasteiger partial charge in [0.1, 0.15) is 0 Å². The predicted octanol–water partition coefficient (Wildman–Crippen LogP) is 2.74. The number of carbonyl (C=O) groups is 2. The van der Waals surface area contributed by atoms with Crippen LogP contribution < -0.4 is 5.32 Å². The number of piperazine rings is 1. The van der Waals surface area contributed by atoms with E-state index in [1.807, 2.05) is 36.9 Å². The Labute approximate surface area is 156 Å². The molecule has 1 heterocycles. The molecule has 1 aliphatic carbocycles. The minimum absolute atomic E-state index is 0.0123. The first kappa shape index (κ1) is 18.6. The van der Waals surface area contributed by atoms with Gasteiger partial charge < -0.3 is 10.2 Å². The van der Waals surface area contributed by atoms with Crippen LogP contribution in [0.1, 0.15) is 30.4 Å². The van der Waals surface area contributed by atoms with Gasteiger partial charge in [0, 0.05) is 38.3 Å². The molecule has 2 amide bonds. The maximum absolute atomic E-state index is 12.4. The molecule has 0 radical (unpaired) electrons. The Morgan fingerprint density at radius 2 is 1.81 bits per heavy atom. The largest absolute Gasteiger partial charge is 0.340 e. The summed E-state index contributed by atoms with van der Waals surface area (Å²) in [6, 6.07) is 6.01. The molecule has 1 aromatic carbocycles. The number of para-hydroxylation sites is 1. The van der Waals surface area contributed by atoms with E-state index in [-0.39, 0.29) is 11.8 Å². The van der Waals surface area contributed by atoms with Crippen LogP contribution in [-0.4, -0.2) is 54.3 Å². The van der Waals surface area contributed by atoms with Gasteiger partial charge in [0.25, 0.3) is 0 Å². The number of allylic oxidation sites excluding steroid dienone is 2. The Balaban J connectivity index is 1.44. The van der Waals surface area contributed by atoms with Crippen LogP contribution in [-0.2, 0) is 9.59 Å². The molecule has 5 nitrogen and oxygen atoms in total. The summed E-state index contributed by atoms with van der Waals surface area (Å²) in [5, 5.41) is 3.04. The second-order valence-electron chi connectivity index (χ2n) is 7.44. The van der Waals surface area contributed by atoms with E-state index in [9.17, 15) is 9.59 Å². The molecule has 1 aromatic rings. The van der Waals surface area contributed by atoms with Crippen molar-refractivity contribution in [2.24, 2.45) is 5.92 Å². The molecule has 0 spiro atoms. The van der Waals surface area contributed by atoms with Gasteiger partial charge in [-0.05, 0) is 43.7 Å².